The predicted molar refractivity (Wildman–Crippen MR) is 55.5 cm³/mol. The van der Waals surface area contributed by atoms with Crippen LogP contribution < -0.4 is 4.74 Å². The van der Waals surface area contributed by atoms with E-state index in [-0.39, 0.29) is 24.1 Å². The van der Waals surface area contributed by atoms with Gasteiger partial charge in [-0.15, -0.1) is 0 Å². The van der Waals surface area contributed by atoms with Gasteiger partial charge in [0, 0.05) is 10.8 Å². The van der Waals surface area contributed by atoms with Gasteiger partial charge in [0.1, 0.15) is 5.75 Å². The fourth-order valence-corrected chi connectivity index (χ4v) is 1.45. The van der Waals surface area contributed by atoms with Crippen LogP contribution in [0.25, 0.3) is 0 Å². The summed E-state index contributed by atoms with van der Waals surface area (Å²) in [5.74, 6) is 0.348. The van der Waals surface area contributed by atoms with Crippen molar-refractivity contribution in [3.8, 4) is 5.75 Å². The summed E-state index contributed by atoms with van der Waals surface area (Å²) in [6.45, 7) is 0.00448. The van der Waals surface area contributed by atoms with E-state index in [1.165, 1.54) is 0 Å². The third-order valence-electron chi connectivity index (χ3n) is 1.41. The number of halogens is 4. The average Bonchev–Trinajstić information content (AvgIpc) is 2.11. The largest absolute Gasteiger partial charge is 0.493 e. The van der Waals surface area contributed by atoms with Gasteiger partial charge in [-0.25, -0.2) is 0 Å². The summed E-state index contributed by atoms with van der Waals surface area (Å²) in [5.41, 5.74) is -4.20. The lowest BCUT2D eigenvalue weighted by Gasteiger charge is -2.07. The lowest BCUT2D eigenvalue weighted by atomic mass is 10.3. The van der Waals surface area contributed by atoms with Crippen LogP contribution in [0.4, 0.5) is 13.2 Å². The molecule has 0 N–H and O–H groups in total. The Labute approximate surface area is 94.6 Å². The molecule has 0 saturated heterocycles. The third-order valence-corrected chi connectivity index (χ3v) is 2.35. The maximum Gasteiger partial charge on any atom is 0.441 e. The van der Waals surface area contributed by atoms with Crippen LogP contribution in [0.3, 0.4) is 0 Å². The van der Waals surface area contributed by atoms with Gasteiger partial charge in [-0.1, -0.05) is 17.7 Å². The topological polar surface area (TPSA) is 9.23 Å². The highest BCUT2D eigenvalue weighted by Crippen LogP contribution is 2.29. The average molecular weight is 257 g/mol. The van der Waals surface area contributed by atoms with Gasteiger partial charge in [0.2, 0.25) is 0 Å². The zero-order valence-electron chi connectivity index (χ0n) is 7.55. The molecule has 0 fully saturated rings. The minimum Gasteiger partial charge on any atom is -0.493 e. The Hall–Kier alpha value is -0.550. The molecular formula is C9H8ClF3OS. The van der Waals surface area contributed by atoms with E-state index < -0.39 is 5.51 Å². The van der Waals surface area contributed by atoms with Gasteiger partial charge in [-0.2, -0.15) is 13.2 Å². The first-order valence-electron chi connectivity index (χ1n) is 4.06. The summed E-state index contributed by atoms with van der Waals surface area (Å²) in [5, 5.41) is 0.496. The first-order valence-corrected chi connectivity index (χ1v) is 5.43. The number of ether oxygens (including phenoxy) is 1. The third kappa shape index (κ3) is 5.79. The van der Waals surface area contributed by atoms with Crippen molar-refractivity contribution in [3.63, 3.8) is 0 Å². The van der Waals surface area contributed by atoms with Crippen molar-refractivity contribution in [2.24, 2.45) is 0 Å². The van der Waals surface area contributed by atoms with Crippen LogP contribution in [0.15, 0.2) is 24.3 Å². The molecular weight excluding hydrogens is 249 g/mol. The van der Waals surface area contributed by atoms with Crippen molar-refractivity contribution in [1.82, 2.24) is 0 Å². The standard InChI is InChI=1S/C9H8ClF3OS/c10-7-2-1-3-8(6-7)14-4-5-15-9(11,12)13/h1-3,6H,4-5H2. The first-order chi connectivity index (χ1) is 6.97. The summed E-state index contributed by atoms with van der Waals surface area (Å²) >= 11 is 5.56. The molecule has 6 heteroatoms. The van der Waals surface area contributed by atoms with Gasteiger partial charge < -0.3 is 4.74 Å². The van der Waals surface area contributed by atoms with E-state index >= 15 is 0 Å². The molecule has 0 unspecified atom stereocenters. The Bertz CT molecular complexity index is 316. The molecule has 84 valence electrons. The molecule has 0 aliphatic rings. The van der Waals surface area contributed by atoms with Crippen molar-refractivity contribution >= 4 is 23.4 Å². The van der Waals surface area contributed by atoms with Crippen molar-refractivity contribution in [3.05, 3.63) is 29.3 Å². The highest BCUT2D eigenvalue weighted by atomic mass is 35.5. The molecule has 15 heavy (non-hydrogen) atoms. The van der Waals surface area contributed by atoms with Crippen molar-refractivity contribution < 1.29 is 17.9 Å². The van der Waals surface area contributed by atoms with Gasteiger partial charge >= 0.3 is 5.51 Å². The summed E-state index contributed by atoms with van der Waals surface area (Å²) in [7, 11) is 0. The molecule has 0 radical (unpaired) electrons. The van der Waals surface area contributed by atoms with Gasteiger partial charge in [-0.05, 0) is 30.0 Å². The van der Waals surface area contributed by atoms with Crippen molar-refractivity contribution in [1.29, 1.82) is 0 Å². The monoisotopic (exact) mass is 256 g/mol. The number of alkyl halides is 3. The lowest BCUT2D eigenvalue weighted by molar-refractivity contribution is -0.0329. The van der Waals surface area contributed by atoms with Crippen LogP contribution in [0, 0.1) is 0 Å². The van der Waals surface area contributed by atoms with Crippen molar-refractivity contribution in [2.45, 2.75) is 5.51 Å². The Morgan fingerprint density at radius 3 is 2.67 bits per heavy atom. The van der Waals surface area contributed by atoms with E-state index in [0.717, 1.165) is 0 Å². The van der Waals surface area contributed by atoms with E-state index in [1.54, 1.807) is 24.3 Å². The van der Waals surface area contributed by atoms with Crippen LogP contribution in [-0.4, -0.2) is 17.9 Å². The number of benzene rings is 1. The summed E-state index contributed by atoms with van der Waals surface area (Å²) in [6, 6.07) is 6.54. The lowest BCUT2D eigenvalue weighted by Crippen LogP contribution is -2.07. The number of rotatable bonds is 4. The molecule has 0 aromatic heterocycles. The van der Waals surface area contributed by atoms with Gasteiger partial charge in [0.25, 0.3) is 0 Å². The second-order valence-corrected chi connectivity index (χ2v) is 4.20. The molecule has 0 aliphatic heterocycles. The number of hydrogen-bond acceptors (Lipinski definition) is 2. The first kappa shape index (κ1) is 12.5. The predicted octanol–water partition coefficient (Wildman–Crippen LogP) is 3.97. The summed E-state index contributed by atoms with van der Waals surface area (Å²) < 4.78 is 40.3. The fourth-order valence-electron chi connectivity index (χ4n) is 0.874. The van der Waals surface area contributed by atoms with Gasteiger partial charge in [0.05, 0.1) is 6.61 Å². The number of thioether (sulfide) groups is 1. The van der Waals surface area contributed by atoms with E-state index in [1.807, 2.05) is 0 Å². The van der Waals surface area contributed by atoms with E-state index in [9.17, 15) is 13.2 Å². The molecule has 1 aromatic carbocycles. The minimum absolute atomic E-state index is 0.00448. The van der Waals surface area contributed by atoms with Crippen LogP contribution in [0.2, 0.25) is 5.02 Å². The minimum atomic E-state index is -4.20. The Morgan fingerprint density at radius 2 is 2.07 bits per heavy atom. The van der Waals surface area contributed by atoms with Crippen molar-refractivity contribution in [2.75, 3.05) is 12.4 Å². The maximum atomic E-state index is 11.7. The molecule has 0 atom stereocenters. The maximum absolute atomic E-state index is 11.7. The highest BCUT2D eigenvalue weighted by Gasteiger charge is 2.27. The fraction of sp³-hybridized carbons (Fsp3) is 0.333. The quantitative estimate of drug-likeness (QED) is 0.754. The molecule has 0 spiro atoms. The molecule has 0 amide bonds. The SMILES string of the molecule is FC(F)(F)SCCOc1cccc(Cl)c1. The van der Waals surface area contributed by atoms with Crippen LogP contribution in [-0.2, 0) is 0 Å². The summed E-state index contributed by atoms with van der Waals surface area (Å²) in [4.78, 5) is 0. The van der Waals surface area contributed by atoms with Gasteiger partial charge in [0.15, 0.2) is 0 Å². The van der Waals surface area contributed by atoms with E-state index in [0.29, 0.717) is 10.8 Å². The van der Waals surface area contributed by atoms with Gasteiger partial charge in [-0.3, -0.25) is 0 Å². The smallest absolute Gasteiger partial charge is 0.441 e. The van der Waals surface area contributed by atoms with E-state index in [4.69, 9.17) is 16.3 Å². The molecule has 1 aromatic rings. The molecule has 0 bridgehead atoms. The Kier molecular flexibility index (Phi) is 4.60. The molecule has 0 aliphatic carbocycles. The second kappa shape index (κ2) is 5.51. The second-order valence-electron chi connectivity index (χ2n) is 2.60. The molecule has 0 saturated carbocycles. The van der Waals surface area contributed by atoms with Crippen LogP contribution in [0.5, 0.6) is 5.75 Å². The summed E-state index contributed by atoms with van der Waals surface area (Å²) in [6.07, 6.45) is 0. The zero-order chi connectivity index (χ0) is 11.3. The Morgan fingerprint density at radius 1 is 1.33 bits per heavy atom. The molecule has 1 rings (SSSR count). The highest BCUT2D eigenvalue weighted by molar-refractivity contribution is 8.00. The number of hydrogen-bond donors (Lipinski definition) is 0. The Balaban J connectivity index is 2.26. The molecule has 1 nitrogen and oxygen atoms in total. The zero-order valence-corrected chi connectivity index (χ0v) is 9.12. The van der Waals surface area contributed by atoms with Crippen LogP contribution >= 0.6 is 23.4 Å². The molecule has 0 heterocycles. The van der Waals surface area contributed by atoms with Crippen LogP contribution in [0.1, 0.15) is 0 Å². The normalized spacial score (nSPS) is 11.5. The van der Waals surface area contributed by atoms with E-state index in [2.05, 4.69) is 0 Å².